The Morgan fingerprint density at radius 3 is 2.33 bits per heavy atom. The number of methoxy groups -OCH3 is 2. The number of hydrogen-bond acceptors (Lipinski definition) is 4. The summed E-state index contributed by atoms with van der Waals surface area (Å²) in [5, 5.41) is 0. The Morgan fingerprint density at radius 2 is 1.78 bits per heavy atom. The summed E-state index contributed by atoms with van der Waals surface area (Å²) >= 11 is 0. The Balaban J connectivity index is 2.61. The highest BCUT2D eigenvalue weighted by Crippen LogP contribution is 2.27. The molecule has 0 aliphatic rings. The van der Waals surface area contributed by atoms with Crippen molar-refractivity contribution < 1.29 is 14.2 Å². The van der Waals surface area contributed by atoms with E-state index in [4.69, 9.17) is 19.9 Å². The molecule has 0 fully saturated rings. The second kappa shape index (κ2) is 7.24. The van der Waals surface area contributed by atoms with Crippen LogP contribution in [0.5, 0.6) is 11.5 Å². The van der Waals surface area contributed by atoms with E-state index >= 15 is 0 Å². The quantitative estimate of drug-likeness (QED) is 0.807. The molecule has 4 heteroatoms. The van der Waals surface area contributed by atoms with Gasteiger partial charge < -0.3 is 19.9 Å². The van der Waals surface area contributed by atoms with Gasteiger partial charge in [-0.25, -0.2) is 0 Å². The number of benzene rings is 1. The van der Waals surface area contributed by atoms with Crippen LogP contribution in [0.15, 0.2) is 18.2 Å². The van der Waals surface area contributed by atoms with E-state index in [0.717, 1.165) is 23.5 Å². The third-order valence-electron chi connectivity index (χ3n) is 2.59. The van der Waals surface area contributed by atoms with Gasteiger partial charge in [-0.1, -0.05) is 6.07 Å². The Morgan fingerprint density at radius 1 is 1.11 bits per heavy atom. The van der Waals surface area contributed by atoms with Crippen molar-refractivity contribution in [3.63, 3.8) is 0 Å². The summed E-state index contributed by atoms with van der Waals surface area (Å²) in [5.41, 5.74) is 7.14. The van der Waals surface area contributed by atoms with Crippen molar-refractivity contribution in [1.29, 1.82) is 0 Å². The van der Waals surface area contributed by atoms with Crippen LogP contribution in [0.3, 0.4) is 0 Å². The van der Waals surface area contributed by atoms with Gasteiger partial charge in [-0.05, 0) is 38.0 Å². The summed E-state index contributed by atoms with van der Waals surface area (Å²) in [6, 6.07) is 5.83. The second-order valence-corrected chi connectivity index (χ2v) is 4.54. The van der Waals surface area contributed by atoms with Gasteiger partial charge in [0.2, 0.25) is 0 Å². The van der Waals surface area contributed by atoms with E-state index in [1.807, 2.05) is 32.0 Å². The van der Waals surface area contributed by atoms with Crippen LogP contribution in [-0.4, -0.2) is 33.0 Å². The number of nitrogens with two attached hydrogens (primary N) is 1. The molecule has 1 aromatic carbocycles. The van der Waals surface area contributed by atoms with Gasteiger partial charge in [0.25, 0.3) is 0 Å². The lowest BCUT2D eigenvalue weighted by Crippen LogP contribution is -2.30. The molecule has 0 aromatic heterocycles. The molecular weight excluding hydrogens is 230 g/mol. The zero-order valence-electron chi connectivity index (χ0n) is 11.6. The first-order chi connectivity index (χ1) is 8.56. The molecule has 0 heterocycles. The third kappa shape index (κ3) is 4.55. The summed E-state index contributed by atoms with van der Waals surface area (Å²) in [6.45, 7) is 4.57. The van der Waals surface area contributed by atoms with Gasteiger partial charge in [-0.2, -0.15) is 0 Å². The fraction of sp³-hybridized carbons (Fsp3) is 0.571. The topological polar surface area (TPSA) is 53.7 Å². The van der Waals surface area contributed by atoms with Crippen molar-refractivity contribution in [2.45, 2.75) is 32.4 Å². The zero-order chi connectivity index (χ0) is 13.5. The first kappa shape index (κ1) is 14.8. The molecular formula is C14H23NO3. The van der Waals surface area contributed by atoms with E-state index in [2.05, 4.69) is 0 Å². The fourth-order valence-electron chi connectivity index (χ4n) is 1.69. The Hall–Kier alpha value is -1.26. The molecule has 18 heavy (non-hydrogen) atoms. The van der Waals surface area contributed by atoms with E-state index in [-0.39, 0.29) is 12.1 Å². The first-order valence-corrected chi connectivity index (χ1v) is 6.15. The average molecular weight is 253 g/mol. The first-order valence-electron chi connectivity index (χ1n) is 6.15. The summed E-state index contributed by atoms with van der Waals surface area (Å²) < 4.78 is 16.0. The van der Waals surface area contributed by atoms with Crippen LogP contribution >= 0.6 is 0 Å². The van der Waals surface area contributed by atoms with Gasteiger partial charge in [0.05, 0.1) is 26.9 Å². The Kier molecular flexibility index (Phi) is 5.95. The summed E-state index contributed by atoms with van der Waals surface area (Å²) in [6.07, 6.45) is 0.967. The highest BCUT2D eigenvalue weighted by Gasteiger charge is 2.09. The summed E-state index contributed by atoms with van der Waals surface area (Å²) in [7, 11) is 3.25. The van der Waals surface area contributed by atoms with Crippen LogP contribution in [0.1, 0.15) is 19.4 Å². The molecule has 1 aromatic rings. The Bertz CT molecular complexity index is 366. The minimum absolute atomic E-state index is 0.00880. The normalized spacial score (nSPS) is 12.6. The smallest absolute Gasteiger partial charge is 0.160 e. The molecule has 1 atom stereocenters. The van der Waals surface area contributed by atoms with Gasteiger partial charge in [0, 0.05) is 6.04 Å². The molecule has 0 bridgehead atoms. The van der Waals surface area contributed by atoms with Crippen LogP contribution < -0.4 is 15.2 Å². The lowest BCUT2D eigenvalue weighted by Gasteiger charge is -2.15. The lowest BCUT2D eigenvalue weighted by atomic mass is 10.1. The average Bonchev–Trinajstić information content (AvgIpc) is 2.36. The highest BCUT2D eigenvalue weighted by molar-refractivity contribution is 5.43. The third-order valence-corrected chi connectivity index (χ3v) is 2.59. The van der Waals surface area contributed by atoms with Crippen molar-refractivity contribution in [1.82, 2.24) is 0 Å². The molecule has 4 nitrogen and oxygen atoms in total. The minimum atomic E-state index is -0.00880. The molecule has 0 radical (unpaired) electrons. The molecule has 0 aliphatic carbocycles. The van der Waals surface area contributed by atoms with Crippen LogP contribution in [0.4, 0.5) is 0 Å². The van der Waals surface area contributed by atoms with Crippen molar-refractivity contribution in [2.24, 2.45) is 5.73 Å². The van der Waals surface area contributed by atoms with Gasteiger partial charge in [-0.3, -0.25) is 0 Å². The molecule has 1 unspecified atom stereocenters. The van der Waals surface area contributed by atoms with E-state index < -0.39 is 0 Å². The number of ether oxygens (including phenoxy) is 3. The predicted molar refractivity (Wildman–Crippen MR) is 72.3 cm³/mol. The summed E-state index contributed by atoms with van der Waals surface area (Å²) in [5.74, 6) is 1.46. The maximum atomic E-state index is 6.02. The highest BCUT2D eigenvalue weighted by atomic mass is 16.5. The van der Waals surface area contributed by atoms with Gasteiger partial charge >= 0.3 is 0 Å². The largest absolute Gasteiger partial charge is 0.493 e. The SMILES string of the molecule is COc1ccc(CC(N)COC(C)C)cc1OC. The van der Waals surface area contributed by atoms with Crippen LogP contribution in [-0.2, 0) is 11.2 Å². The minimum Gasteiger partial charge on any atom is -0.493 e. The lowest BCUT2D eigenvalue weighted by molar-refractivity contribution is 0.0684. The molecule has 0 saturated heterocycles. The van der Waals surface area contributed by atoms with Crippen molar-refractivity contribution in [3.05, 3.63) is 23.8 Å². The van der Waals surface area contributed by atoms with Crippen molar-refractivity contribution in [3.8, 4) is 11.5 Å². The number of rotatable bonds is 7. The standard InChI is InChI=1S/C14H23NO3/c1-10(2)18-9-12(15)7-11-5-6-13(16-3)14(8-11)17-4/h5-6,8,10,12H,7,9,15H2,1-4H3. The monoisotopic (exact) mass is 253 g/mol. The van der Waals surface area contributed by atoms with Crippen LogP contribution in [0.2, 0.25) is 0 Å². The van der Waals surface area contributed by atoms with E-state index in [9.17, 15) is 0 Å². The van der Waals surface area contributed by atoms with Crippen LogP contribution in [0, 0.1) is 0 Å². The molecule has 0 aliphatic heterocycles. The molecule has 0 amide bonds. The molecule has 102 valence electrons. The van der Waals surface area contributed by atoms with Crippen molar-refractivity contribution >= 4 is 0 Å². The van der Waals surface area contributed by atoms with Gasteiger partial charge in [0.1, 0.15) is 0 Å². The molecule has 0 spiro atoms. The van der Waals surface area contributed by atoms with E-state index in [0.29, 0.717) is 6.61 Å². The number of hydrogen-bond donors (Lipinski definition) is 1. The maximum Gasteiger partial charge on any atom is 0.160 e. The van der Waals surface area contributed by atoms with Gasteiger partial charge in [0.15, 0.2) is 11.5 Å². The molecule has 1 rings (SSSR count). The van der Waals surface area contributed by atoms with E-state index in [1.165, 1.54) is 0 Å². The van der Waals surface area contributed by atoms with Crippen LogP contribution in [0.25, 0.3) is 0 Å². The van der Waals surface area contributed by atoms with Gasteiger partial charge in [-0.15, -0.1) is 0 Å². The predicted octanol–water partition coefficient (Wildman–Crippen LogP) is 2.00. The summed E-state index contributed by atoms with van der Waals surface area (Å²) in [4.78, 5) is 0. The second-order valence-electron chi connectivity index (χ2n) is 4.54. The molecule has 2 N–H and O–H groups in total. The van der Waals surface area contributed by atoms with E-state index in [1.54, 1.807) is 14.2 Å². The zero-order valence-corrected chi connectivity index (χ0v) is 11.6. The fourth-order valence-corrected chi connectivity index (χ4v) is 1.69. The maximum absolute atomic E-state index is 6.02. The Labute approximate surface area is 109 Å². The molecule has 0 saturated carbocycles. The van der Waals surface area contributed by atoms with Crippen molar-refractivity contribution in [2.75, 3.05) is 20.8 Å².